The Labute approximate surface area is 107 Å². The Morgan fingerprint density at radius 3 is 2.76 bits per heavy atom. The van der Waals surface area contributed by atoms with E-state index in [0.717, 1.165) is 39.1 Å². The zero-order valence-corrected chi connectivity index (χ0v) is 11.2. The van der Waals surface area contributed by atoms with Crippen LogP contribution in [0.3, 0.4) is 0 Å². The van der Waals surface area contributed by atoms with Crippen molar-refractivity contribution in [1.29, 1.82) is 0 Å². The van der Waals surface area contributed by atoms with E-state index in [9.17, 15) is 0 Å². The Hall–Kier alpha value is -0.450. The number of hydrogen-bond acceptors (Lipinski definition) is 4. The van der Waals surface area contributed by atoms with Gasteiger partial charge in [-0.2, -0.15) is 0 Å². The molecule has 2 aliphatic heterocycles. The standard InChI is InChI=1S/C13H20N2OS/c1-9-12(11-2-5-14-8-11)17-13(15-9)10-3-6-16-7-4-10/h10-11,14H,2-8H2,1H3. The molecule has 3 heterocycles. The van der Waals surface area contributed by atoms with Crippen LogP contribution in [0.4, 0.5) is 0 Å². The van der Waals surface area contributed by atoms with Crippen molar-refractivity contribution >= 4 is 11.3 Å². The normalized spacial score (nSPS) is 26.5. The molecule has 17 heavy (non-hydrogen) atoms. The van der Waals surface area contributed by atoms with E-state index in [1.807, 2.05) is 11.3 Å². The fraction of sp³-hybridized carbons (Fsp3) is 0.769. The van der Waals surface area contributed by atoms with Crippen LogP contribution in [-0.4, -0.2) is 31.3 Å². The van der Waals surface area contributed by atoms with Gasteiger partial charge in [0.25, 0.3) is 0 Å². The van der Waals surface area contributed by atoms with E-state index in [1.54, 1.807) is 0 Å². The smallest absolute Gasteiger partial charge is 0.0963 e. The lowest BCUT2D eigenvalue weighted by Crippen LogP contribution is -2.13. The molecular weight excluding hydrogens is 232 g/mol. The lowest BCUT2D eigenvalue weighted by molar-refractivity contribution is 0.0852. The summed E-state index contributed by atoms with van der Waals surface area (Å²) in [5.74, 6) is 1.36. The molecular formula is C13H20N2OS. The third-order valence-electron chi connectivity index (χ3n) is 3.85. The maximum absolute atomic E-state index is 5.42. The van der Waals surface area contributed by atoms with Gasteiger partial charge < -0.3 is 10.1 Å². The van der Waals surface area contributed by atoms with E-state index >= 15 is 0 Å². The Morgan fingerprint density at radius 1 is 1.24 bits per heavy atom. The van der Waals surface area contributed by atoms with Crippen molar-refractivity contribution in [2.24, 2.45) is 0 Å². The van der Waals surface area contributed by atoms with Crippen LogP contribution in [0.15, 0.2) is 0 Å². The van der Waals surface area contributed by atoms with Crippen molar-refractivity contribution in [1.82, 2.24) is 10.3 Å². The van der Waals surface area contributed by atoms with Crippen LogP contribution in [0.2, 0.25) is 0 Å². The van der Waals surface area contributed by atoms with Gasteiger partial charge in [0.05, 0.1) is 10.7 Å². The molecule has 1 aromatic heterocycles. The minimum atomic E-state index is 0.649. The molecule has 3 nitrogen and oxygen atoms in total. The van der Waals surface area contributed by atoms with Crippen molar-refractivity contribution in [3.63, 3.8) is 0 Å². The van der Waals surface area contributed by atoms with Crippen molar-refractivity contribution < 1.29 is 4.74 Å². The van der Waals surface area contributed by atoms with E-state index in [0.29, 0.717) is 11.8 Å². The van der Waals surface area contributed by atoms with Gasteiger partial charge in [-0.1, -0.05) is 0 Å². The average Bonchev–Trinajstić information content (AvgIpc) is 2.99. The van der Waals surface area contributed by atoms with Gasteiger partial charge in [0.2, 0.25) is 0 Å². The first-order chi connectivity index (χ1) is 8.34. The summed E-state index contributed by atoms with van der Waals surface area (Å²) < 4.78 is 5.42. The molecule has 2 saturated heterocycles. The molecule has 0 aromatic carbocycles. The Morgan fingerprint density at radius 2 is 2.06 bits per heavy atom. The second-order valence-electron chi connectivity index (χ2n) is 5.08. The maximum Gasteiger partial charge on any atom is 0.0963 e. The molecule has 1 aromatic rings. The number of ether oxygens (including phenoxy) is 1. The quantitative estimate of drug-likeness (QED) is 0.878. The Kier molecular flexibility index (Phi) is 3.45. The third-order valence-corrected chi connectivity index (χ3v) is 5.33. The van der Waals surface area contributed by atoms with Crippen LogP contribution < -0.4 is 5.32 Å². The van der Waals surface area contributed by atoms with E-state index in [-0.39, 0.29) is 0 Å². The van der Waals surface area contributed by atoms with Crippen LogP contribution >= 0.6 is 11.3 Å². The van der Waals surface area contributed by atoms with E-state index in [2.05, 4.69) is 12.2 Å². The molecule has 2 fully saturated rings. The van der Waals surface area contributed by atoms with Gasteiger partial charge in [-0.3, -0.25) is 0 Å². The minimum absolute atomic E-state index is 0.649. The molecule has 1 unspecified atom stereocenters. The minimum Gasteiger partial charge on any atom is -0.381 e. The number of nitrogens with one attached hydrogen (secondary N) is 1. The molecule has 1 atom stereocenters. The van der Waals surface area contributed by atoms with Crippen molar-refractivity contribution in [2.45, 2.75) is 38.0 Å². The molecule has 1 N–H and O–H groups in total. The third kappa shape index (κ3) is 2.39. The summed E-state index contributed by atoms with van der Waals surface area (Å²) in [7, 11) is 0. The number of aryl methyl sites for hydroxylation is 1. The zero-order valence-electron chi connectivity index (χ0n) is 10.4. The van der Waals surface area contributed by atoms with Crippen LogP contribution in [0.5, 0.6) is 0 Å². The fourth-order valence-corrected chi connectivity index (χ4v) is 4.18. The van der Waals surface area contributed by atoms with Gasteiger partial charge in [-0.25, -0.2) is 4.98 Å². The highest BCUT2D eigenvalue weighted by atomic mass is 32.1. The summed E-state index contributed by atoms with van der Waals surface area (Å²) >= 11 is 1.96. The lowest BCUT2D eigenvalue weighted by atomic mass is 10.0. The van der Waals surface area contributed by atoms with Crippen LogP contribution in [-0.2, 0) is 4.74 Å². The summed E-state index contributed by atoms with van der Waals surface area (Å²) in [6, 6.07) is 0. The fourth-order valence-electron chi connectivity index (χ4n) is 2.81. The number of hydrogen-bond donors (Lipinski definition) is 1. The summed E-state index contributed by atoms with van der Waals surface area (Å²) in [4.78, 5) is 6.34. The van der Waals surface area contributed by atoms with Crippen molar-refractivity contribution in [2.75, 3.05) is 26.3 Å². The molecule has 0 saturated carbocycles. The molecule has 0 bridgehead atoms. The monoisotopic (exact) mass is 252 g/mol. The average molecular weight is 252 g/mol. The molecule has 3 rings (SSSR count). The number of rotatable bonds is 2. The topological polar surface area (TPSA) is 34.1 Å². The van der Waals surface area contributed by atoms with E-state index in [1.165, 1.54) is 22.0 Å². The predicted octanol–water partition coefficient (Wildman–Crippen LogP) is 2.42. The highest BCUT2D eigenvalue weighted by Crippen LogP contribution is 2.36. The van der Waals surface area contributed by atoms with Gasteiger partial charge >= 0.3 is 0 Å². The molecule has 4 heteroatoms. The summed E-state index contributed by atoms with van der Waals surface area (Å²) in [6.07, 6.45) is 3.57. The largest absolute Gasteiger partial charge is 0.381 e. The Balaban J connectivity index is 1.79. The van der Waals surface area contributed by atoms with Crippen LogP contribution in [0.25, 0.3) is 0 Å². The molecule has 94 valence electrons. The maximum atomic E-state index is 5.42. The molecule has 0 spiro atoms. The summed E-state index contributed by atoms with van der Waals surface area (Å²) in [5.41, 5.74) is 1.27. The second kappa shape index (κ2) is 5.04. The molecule has 0 aliphatic carbocycles. The van der Waals surface area contributed by atoms with Gasteiger partial charge in [0.1, 0.15) is 0 Å². The first-order valence-corrected chi connectivity index (χ1v) is 7.42. The Bertz CT molecular complexity index is 379. The highest BCUT2D eigenvalue weighted by Gasteiger charge is 2.25. The van der Waals surface area contributed by atoms with Gasteiger partial charge in [-0.15, -0.1) is 11.3 Å². The van der Waals surface area contributed by atoms with Crippen molar-refractivity contribution in [3.8, 4) is 0 Å². The highest BCUT2D eigenvalue weighted by molar-refractivity contribution is 7.12. The first kappa shape index (κ1) is 11.6. The lowest BCUT2D eigenvalue weighted by Gasteiger charge is -2.19. The number of aromatic nitrogens is 1. The van der Waals surface area contributed by atoms with E-state index in [4.69, 9.17) is 9.72 Å². The molecule has 0 amide bonds. The summed E-state index contributed by atoms with van der Waals surface area (Å²) in [5, 5.41) is 4.80. The van der Waals surface area contributed by atoms with Crippen LogP contribution in [0.1, 0.15) is 46.7 Å². The van der Waals surface area contributed by atoms with Gasteiger partial charge in [-0.05, 0) is 32.7 Å². The predicted molar refractivity (Wildman–Crippen MR) is 69.9 cm³/mol. The molecule has 0 radical (unpaired) electrons. The SMILES string of the molecule is Cc1nc(C2CCOCC2)sc1C1CCNC1. The van der Waals surface area contributed by atoms with E-state index < -0.39 is 0 Å². The number of nitrogens with zero attached hydrogens (tertiary/aromatic N) is 1. The zero-order chi connectivity index (χ0) is 11.7. The summed E-state index contributed by atoms with van der Waals surface area (Å²) in [6.45, 7) is 6.28. The van der Waals surface area contributed by atoms with Crippen LogP contribution in [0, 0.1) is 6.92 Å². The van der Waals surface area contributed by atoms with Gasteiger partial charge in [0.15, 0.2) is 0 Å². The van der Waals surface area contributed by atoms with Crippen molar-refractivity contribution in [3.05, 3.63) is 15.6 Å². The second-order valence-corrected chi connectivity index (χ2v) is 6.14. The molecule has 2 aliphatic rings. The van der Waals surface area contributed by atoms with Gasteiger partial charge in [0, 0.05) is 36.5 Å². The number of thiazole rings is 1. The first-order valence-electron chi connectivity index (χ1n) is 6.60.